The summed E-state index contributed by atoms with van der Waals surface area (Å²) in [4.78, 5) is 37.6. The Morgan fingerprint density at radius 2 is 1.62 bits per heavy atom. The molecule has 1 heterocycles. The lowest BCUT2D eigenvalue weighted by Gasteiger charge is -2.28. The predicted octanol–water partition coefficient (Wildman–Crippen LogP) is 2.54. The van der Waals surface area contributed by atoms with Crippen LogP contribution in [-0.2, 0) is 28.6 Å². The highest BCUT2D eigenvalue weighted by molar-refractivity contribution is 5.89. The van der Waals surface area contributed by atoms with Crippen LogP contribution in [0, 0.1) is 5.41 Å². The predicted molar refractivity (Wildman–Crippen MR) is 160 cm³/mol. The van der Waals surface area contributed by atoms with Crippen molar-refractivity contribution in [1.82, 2.24) is 10.6 Å². The van der Waals surface area contributed by atoms with Gasteiger partial charge in [0.15, 0.2) is 6.10 Å². The van der Waals surface area contributed by atoms with Crippen LogP contribution in [0.3, 0.4) is 0 Å². The van der Waals surface area contributed by atoms with E-state index < -0.39 is 54.3 Å². The molecule has 244 valence electrons. The first-order chi connectivity index (χ1) is 19.9. The van der Waals surface area contributed by atoms with E-state index in [-0.39, 0.29) is 25.0 Å². The van der Waals surface area contributed by atoms with Crippen LogP contribution in [0.15, 0.2) is 12.2 Å². The molecule has 5 N–H and O–H groups in total. The molecule has 0 aromatic heterocycles. The lowest BCUT2D eigenvalue weighted by Crippen LogP contribution is -2.55. The second-order valence-corrected chi connectivity index (χ2v) is 12.2. The highest BCUT2D eigenvalue weighted by Crippen LogP contribution is 2.17. The number of unbranched alkanes of at least 4 members (excludes halogenated alkanes) is 8. The Morgan fingerprint density at radius 3 is 2.21 bits per heavy atom. The fourth-order valence-electron chi connectivity index (χ4n) is 4.59. The fourth-order valence-corrected chi connectivity index (χ4v) is 4.59. The maximum atomic E-state index is 12.8. The van der Waals surface area contributed by atoms with Crippen LogP contribution in [0.5, 0.6) is 0 Å². The summed E-state index contributed by atoms with van der Waals surface area (Å²) in [5.74, 6) is -1.80. The summed E-state index contributed by atoms with van der Waals surface area (Å²) in [5.41, 5.74) is -0.261. The number of aliphatic hydroxyl groups excluding tert-OH is 3. The molecule has 0 spiro atoms. The minimum Gasteiger partial charge on any atom is -0.459 e. The van der Waals surface area contributed by atoms with Crippen molar-refractivity contribution in [1.29, 1.82) is 0 Å². The molecule has 2 amide bonds. The van der Waals surface area contributed by atoms with Crippen molar-refractivity contribution < 1.29 is 43.9 Å². The molecule has 1 aliphatic rings. The van der Waals surface area contributed by atoms with Crippen molar-refractivity contribution in [2.24, 2.45) is 5.41 Å². The molecular weight excluding hydrogens is 544 g/mol. The average Bonchev–Trinajstić information content (AvgIpc) is 3.10. The van der Waals surface area contributed by atoms with Crippen molar-refractivity contribution >= 4 is 17.8 Å². The van der Waals surface area contributed by atoms with E-state index in [4.69, 9.17) is 14.2 Å². The number of aliphatic hydroxyl groups is 3. The van der Waals surface area contributed by atoms with E-state index in [1.54, 1.807) is 6.08 Å². The van der Waals surface area contributed by atoms with Gasteiger partial charge in [0, 0.05) is 13.7 Å². The molecular formula is C31H56N2O9. The Balaban J connectivity index is 2.41. The Labute approximate surface area is 251 Å². The summed E-state index contributed by atoms with van der Waals surface area (Å²) in [5, 5.41) is 36.3. The SMILES string of the molecule is CCCCCCCCCCCOCC(=O)OC1CCC(NC(=O)C(OC)C(O)C(O)C(O)C=CC(C)(C)C)C(=O)NC1. The monoisotopic (exact) mass is 600 g/mol. The van der Waals surface area contributed by atoms with Crippen LogP contribution in [-0.4, -0.2) is 96.5 Å². The molecule has 6 atom stereocenters. The number of esters is 1. The topological polar surface area (TPSA) is 164 Å². The number of hydrogen-bond acceptors (Lipinski definition) is 9. The third-order valence-corrected chi connectivity index (χ3v) is 7.14. The third-order valence-electron chi connectivity index (χ3n) is 7.14. The molecule has 0 aliphatic carbocycles. The first kappa shape index (κ1) is 38.0. The van der Waals surface area contributed by atoms with E-state index in [2.05, 4.69) is 17.6 Å². The molecule has 1 saturated heterocycles. The minimum atomic E-state index is -1.76. The maximum Gasteiger partial charge on any atom is 0.332 e. The van der Waals surface area contributed by atoms with Gasteiger partial charge in [0.2, 0.25) is 5.91 Å². The standard InChI is InChI=1S/C31H56N2O9/c1-6-7-8-9-10-11-12-13-14-19-41-21-25(35)42-22-15-16-23(29(38)32-20-22)33-30(39)28(40-5)27(37)26(36)24(34)17-18-31(2,3)4/h17-18,22-24,26-28,34,36-37H,6-16,19-21H2,1-5H3,(H,32,38)(H,33,39). The summed E-state index contributed by atoms with van der Waals surface area (Å²) in [6, 6.07) is -0.961. The first-order valence-electron chi connectivity index (χ1n) is 15.5. The van der Waals surface area contributed by atoms with Gasteiger partial charge >= 0.3 is 5.97 Å². The number of nitrogens with one attached hydrogen (secondary N) is 2. The average molecular weight is 601 g/mol. The van der Waals surface area contributed by atoms with Gasteiger partial charge in [-0.05, 0) is 24.7 Å². The molecule has 0 aromatic carbocycles. The molecule has 0 aromatic rings. The zero-order chi connectivity index (χ0) is 31.5. The lowest BCUT2D eigenvalue weighted by atomic mass is 9.94. The molecule has 42 heavy (non-hydrogen) atoms. The first-order valence-corrected chi connectivity index (χ1v) is 15.5. The summed E-state index contributed by atoms with van der Waals surface area (Å²) < 4.78 is 16.0. The molecule has 11 nitrogen and oxygen atoms in total. The Morgan fingerprint density at radius 1 is 1.00 bits per heavy atom. The number of amides is 2. The molecule has 1 rings (SSSR count). The van der Waals surface area contributed by atoms with Gasteiger partial charge in [-0.1, -0.05) is 91.2 Å². The molecule has 0 saturated carbocycles. The van der Waals surface area contributed by atoms with Crippen LogP contribution < -0.4 is 10.6 Å². The largest absolute Gasteiger partial charge is 0.459 e. The zero-order valence-electron chi connectivity index (χ0n) is 26.3. The van der Waals surface area contributed by atoms with Gasteiger partial charge in [-0.25, -0.2) is 4.79 Å². The van der Waals surface area contributed by atoms with Gasteiger partial charge in [-0.3, -0.25) is 9.59 Å². The summed E-state index contributed by atoms with van der Waals surface area (Å²) in [6.45, 7) is 8.35. The normalized spacial score (nSPS) is 20.8. The van der Waals surface area contributed by atoms with Crippen molar-refractivity contribution in [2.75, 3.05) is 26.9 Å². The second kappa shape index (κ2) is 20.8. The van der Waals surface area contributed by atoms with E-state index >= 15 is 0 Å². The van der Waals surface area contributed by atoms with Crippen molar-refractivity contribution in [3.63, 3.8) is 0 Å². The number of allylic oxidation sites excluding steroid dienone is 1. The van der Waals surface area contributed by atoms with Gasteiger partial charge in [-0.2, -0.15) is 0 Å². The number of carbonyl (C=O) groups excluding carboxylic acids is 3. The smallest absolute Gasteiger partial charge is 0.332 e. The molecule has 0 bridgehead atoms. The van der Waals surface area contributed by atoms with Crippen LogP contribution in [0.25, 0.3) is 0 Å². The summed E-state index contributed by atoms with van der Waals surface area (Å²) >= 11 is 0. The molecule has 1 fully saturated rings. The van der Waals surface area contributed by atoms with Crippen LogP contribution >= 0.6 is 0 Å². The zero-order valence-corrected chi connectivity index (χ0v) is 26.3. The molecule has 11 heteroatoms. The fraction of sp³-hybridized carbons (Fsp3) is 0.839. The molecule has 6 unspecified atom stereocenters. The number of methoxy groups -OCH3 is 1. The third kappa shape index (κ3) is 16.0. The van der Waals surface area contributed by atoms with Gasteiger partial charge in [-0.15, -0.1) is 0 Å². The highest BCUT2D eigenvalue weighted by Gasteiger charge is 2.37. The van der Waals surface area contributed by atoms with Crippen LogP contribution in [0.2, 0.25) is 0 Å². The molecule has 1 aliphatic heterocycles. The van der Waals surface area contributed by atoms with E-state index in [1.165, 1.54) is 58.1 Å². The van der Waals surface area contributed by atoms with Crippen LogP contribution in [0.4, 0.5) is 0 Å². The maximum absolute atomic E-state index is 12.8. The Bertz CT molecular complexity index is 815. The van der Waals surface area contributed by atoms with Gasteiger partial charge in [0.05, 0.1) is 6.54 Å². The van der Waals surface area contributed by atoms with Gasteiger partial charge in [0.25, 0.3) is 5.91 Å². The van der Waals surface area contributed by atoms with Crippen molar-refractivity contribution in [3.05, 3.63) is 12.2 Å². The Kier molecular flexibility index (Phi) is 18.8. The number of hydrogen-bond donors (Lipinski definition) is 5. The number of carbonyl (C=O) groups is 3. The van der Waals surface area contributed by atoms with Gasteiger partial charge in [0.1, 0.15) is 37.1 Å². The lowest BCUT2D eigenvalue weighted by molar-refractivity contribution is -0.154. The van der Waals surface area contributed by atoms with Crippen molar-refractivity contribution in [2.45, 2.75) is 135 Å². The summed E-state index contributed by atoms with van der Waals surface area (Å²) in [6.07, 6.45) is 7.32. The Hall–Kier alpha value is -2.05. The highest BCUT2D eigenvalue weighted by atomic mass is 16.6. The van der Waals surface area contributed by atoms with E-state index in [0.29, 0.717) is 13.0 Å². The van der Waals surface area contributed by atoms with E-state index in [9.17, 15) is 29.7 Å². The van der Waals surface area contributed by atoms with Crippen molar-refractivity contribution in [3.8, 4) is 0 Å². The number of ether oxygens (including phenoxy) is 3. The van der Waals surface area contributed by atoms with Gasteiger partial charge < -0.3 is 40.2 Å². The van der Waals surface area contributed by atoms with Crippen LogP contribution in [0.1, 0.15) is 98.3 Å². The second-order valence-electron chi connectivity index (χ2n) is 12.2. The van der Waals surface area contributed by atoms with E-state index in [0.717, 1.165) is 12.8 Å². The summed E-state index contributed by atoms with van der Waals surface area (Å²) in [7, 11) is 1.18. The minimum absolute atomic E-state index is 0.0938. The molecule has 0 radical (unpaired) electrons. The van der Waals surface area contributed by atoms with E-state index in [1.807, 2.05) is 20.8 Å². The number of rotatable bonds is 20. The quantitative estimate of drug-likeness (QED) is 0.0803.